The van der Waals surface area contributed by atoms with Crippen molar-refractivity contribution in [1.29, 1.82) is 5.26 Å². The number of anilines is 1. The number of hydrogen-bond donors (Lipinski definition) is 0. The fourth-order valence-electron chi connectivity index (χ4n) is 2.13. The number of hydrogen-bond acceptors (Lipinski definition) is 4. The first-order valence-electron chi connectivity index (χ1n) is 5.20. The third-order valence-electron chi connectivity index (χ3n) is 2.80. The Kier molecular flexibility index (Phi) is 2.55. The summed E-state index contributed by atoms with van der Waals surface area (Å²) < 4.78 is 0. The van der Waals surface area contributed by atoms with Gasteiger partial charge >= 0.3 is 0 Å². The first-order chi connectivity index (χ1) is 7.20. The number of nitrogens with zero attached hydrogens (tertiary/aromatic N) is 4. The largest absolute Gasteiger partial charge is 0.338 e. The molecular formula is C11H14N4. The summed E-state index contributed by atoms with van der Waals surface area (Å²) in [4.78, 5) is 10.6. The van der Waals surface area contributed by atoms with Crippen molar-refractivity contribution in [2.45, 2.75) is 26.3 Å². The van der Waals surface area contributed by atoms with Crippen molar-refractivity contribution in [3.63, 3.8) is 0 Å². The van der Waals surface area contributed by atoms with Crippen LogP contribution in [-0.4, -0.2) is 22.6 Å². The van der Waals surface area contributed by atoms with Gasteiger partial charge in [0, 0.05) is 18.8 Å². The molecule has 15 heavy (non-hydrogen) atoms. The van der Waals surface area contributed by atoms with Gasteiger partial charge in [0.15, 0.2) is 0 Å². The smallest absolute Gasteiger partial charge is 0.226 e. The van der Waals surface area contributed by atoms with Crippen LogP contribution in [0, 0.1) is 17.2 Å². The van der Waals surface area contributed by atoms with Crippen LogP contribution in [0.1, 0.15) is 26.0 Å². The molecule has 2 unspecified atom stereocenters. The van der Waals surface area contributed by atoms with Gasteiger partial charge in [-0.05, 0) is 25.3 Å². The summed E-state index contributed by atoms with van der Waals surface area (Å²) in [5, 5.41) is 8.76. The average molecular weight is 202 g/mol. The molecule has 78 valence electrons. The lowest BCUT2D eigenvalue weighted by atomic mass is 10.1. The fourth-order valence-corrected chi connectivity index (χ4v) is 2.13. The Hall–Kier alpha value is -1.63. The van der Waals surface area contributed by atoms with Crippen molar-refractivity contribution in [2.24, 2.45) is 5.92 Å². The van der Waals surface area contributed by atoms with Gasteiger partial charge in [0.05, 0.1) is 0 Å². The predicted octanol–water partition coefficient (Wildman–Crippen LogP) is 1.58. The highest BCUT2D eigenvalue weighted by Gasteiger charge is 2.27. The Morgan fingerprint density at radius 1 is 1.53 bits per heavy atom. The third kappa shape index (κ3) is 1.91. The van der Waals surface area contributed by atoms with Gasteiger partial charge in [-0.2, -0.15) is 5.26 Å². The highest BCUT2D eigenvalue weighted by atomic mass is 15.3. The van der Waals surface area contributed by atoms with Gasteiger partial charge in [0.25, 0.3) is 0 Å². The zero-order valence-corrected chi connectivity index (χ0v) is 9.01. The molecule has 4 nitrogen and oxygen atoms in total. The molecule has 0 radical (unpaired) electrons. The van der Waals surface area contributed by atoms with E-state index < -0.39 is 0 Å². The first-order valence-corrected chi connectivity index (χ1v) is 5.20. The zero-order chi connectivity index (χ0) is 10.8. The summed E-state index contributed by atoms with van der Waals surface area (Å²) in [7, 11) is 0. The molecule has 0 N–H and O–H groups in total. The van der Waals surface area contributed by atoms with Crippen LogP contribution in [0.25, 0.3) is 0 Å². The van der Waals surface area contributed by atoms with E-state index in [0.717, 1.165) is 6.54 Å². The highest BCUT2D eigenvalue weighted by Crippen LogP contribution is 2.25. The summed E-state index contributed by atoms with van der Waals surface area (Å²) in [5.41, 5.74) is 0.437. The van der Waals surface area contributed by atoms with Crippen molar-refractivity contribution in [3.05, 3.63) is 18.0 Å². The van der Waals surface area contributed by atoms with Crippen molar-refractivity contribution < 1.29 is 0 Å². The van der Waals surface area contributed by atoms with Gasteiger partial charge in [-0.3, -0.25) is 0 Å². The third-order valence-corrected chi connectivity index (χ3v) is 2.80. The maximum absolute atomic E-state index is 8.76. The molecule has 0 aromatic carbocycles. The quantitative estimate of drug-likeness (QED) is 0.693. The molecule has 2 heterocycles. The minimum Gasteiger partial charge on any atom is -0.338 e. The van der Waals surface area contributed by atoms with E-state index in [1.54, 1.807) is 12.3 Å². The summed E-state index contributed by atoms with van der Waals surface area (Å²) in [5.74, 6) is 1.36. The molecule has 4 heteroatoms. The van der Waals surface area contributed by atoms with E-state index in [0.29, 0.717) is 23.6 Å². The van der Waals surface area contributed by atoms with Crippen LogP contribution >= 0.6 is 0 Å². The topological polar surface area (TPSA) is 52.8 Å². The molecule has 0 amide bonds. The van der Waals surface area contributed by atoms with Crippen molar-refractivity contribution in [1.82, 2.24) is 9.97 Å². The van der Waals surface area contributed by atoms with E-state index >= 15 is 0 Å². The summed E-state index contributed by atoms with van der Waals surface area (Å²) >= 11 is 0. The molecule has 1 aliphatic rings. The summed E-state index contributed by atoms with van der Waals surface area (Å²) in [6.07, 6.45) is 2.82. The molecule has 0 aliphatic carbocycles. The lowest BCUT2D eigenvalue weighted by Gasteiger charge is -2.20. The second-order valence-corrected chi connectivity index (χ2v) is 4.20. The molecule has 1 aromatic heterocycles. The zero-order valence-electron chi connectivity index (χ0n) is 9.01. The molecule has 0 bridgehead atoms. The molecular weight excluding hydrogens is 188 g/mol. The van der Waals surface area contributed by atoms with Crippen molar-refractivity contribution in [2.75, 3.05) is 11.4 Å². The number of rotatable bonds is 1. The second kappa shape index (κ2) is 3.85. The highest BCUT2D eigenvalue weighted by molar-refractivity contribution is 5.36. The Labute approximate surface area is 89.6 Å². The van der Waals surface area contributed by atoms with Gasteiger partial charge in [-0.1, -0.05) is 6.92 Å². The van der Waals surface area contributed by atoms with Gasteiger partial charge in [0.2, 0.25) is 5.95 Å². The van der Waals surface area contributed by atoms with Crippen LogP contribution in [0.15, 0.2) is 12.3 Å². The number of nitriles is 1. The molecule has 1 aliphatic heterocycles. The molecule has 2 atom stereocenters. The normalized spacial score (nSPS) is 25.3. The molecule has 1 fully saturated rings. The maximum Gasteiger partial charge on any atom is 0.226 e. The molecule has 0 saturated carbocycles. The fraction of sp³-hybridized carbons (Fsp3) is 0.545. The SMILES string of the molecule is CC1CC(C)N(c2nccc(C#N)n2)C1. The molecule has 1 saturated heterocycles. The van der Waals surface area contributed by atoms with E-state index in [1.165, 1.54) is 6.42 Å². The lowest BCUT2D eigenvalue weighted by molar-refractivity contribution is 0.624. The standard InChI is InChI=1S/C11H14N4/c1-8-5-9(2)15(7-8)11-13-4-3-10(6-12)14-11/h3-4,8-9H,5,7H2,1-2H3. The summed E-state index contributed by atoms with van der Waals surface area (Å²) in [6.45, 7) is 5.38. The Morgan fingerprint density at radius 3 is 2.93 bits per heavy atom. The monoisotopic (exact) mass is 202 g/mol. The molecule has 2 rings (SSSR count). The van der Waals surface area contributed by atoms with Crippen molar-refractivity contribution in [3.8, 4) is 6.07 Å². The van der Waals surface area contributed by atoms with E-state index in [9.17, 15) is 0 Å². The van der Waals surface area contributed by atoms with Crippen LogP contribution in [-0.2, 0) is 0 Å². The Balaban J connectivity index is 2.26. The minimum atomic E-state index is 0.437. The molecule has 1 aromatic rings. The number of aromatic nitrogens is 2. The van der Waals surface area contributed by atoms with Crippen LogP contribution in [0.3, 0.4) is 0 Å². The van der Waals surface area contributed by atoms with E-state index in [-0.39, 0.29) is 0 Å². The van der Waals surface area contributed by atoms with Gasteiger partial charge in [0.1, 0.15) is 11.8 Å². The van der Waals surface area contributed by atoms with Gasteiger partial charge in [-0.25, -0.2) is 9.97 Å². The van der Waals surface area contributed by atoms with Crippen molar-refractivity contribution >= 4 is 5.95 Å². The van der Waals surface area contributed by atoms with E-state index in [2.05, 4.69) is 28.7 Å². The van der Waals surface area contributed by atoms with Crippen LogP contribution < -0.4 is 4.90 Å². The summed E-state index contributed by atoms with van der Waals surface area (Å²) in [6, 6.07) is 4.14. The van der Waals surface area contributed by atoms with Gasteiger partial charge < -0.3 is 4.90 Å². The van der Waals surface area contributed by atoms with Crippen LogP contribution in [0.5, 0.6) is 0 Å². The minimum absolute atomic E-state index is 0.437. The maximum atomic E-state index is 8.76. The Bertz CT molecular complexity index is 396. The second-order valence-electron chi connectivity index (χ2n) is 4.20. The van der Waals surface area contributed by atoms with E-state index in [4.69, 9.17) is 5.26 Å². The van der Waals surface area contributed by atoms with E-state index in [1.807, 2.05) is 6.07 Å². The Morgan fingerprint density at radius 2 is 2.33 bits per heavy atom. The predicted molar refractivity (Wildman–Crippen MR) is 57.3 cm³/mol. The lowest BCUT2D eigenvalue weighted by Crippen LogP contribution is -2.28. The van der Waals surface area contributed by atoms with Gasteiger partial charge in [-0.15, -0.1) is 0 Å². The van der Waals surface area contributed by atoms with Crippen LogP contribution in [0.4, 0.5) is 5.95 Å². The average Bonchev–Trinajstić information content (AvgIpc) is 2.58. The first kappa shape index (κ1) is 9.91. The molecule has 0 spiro atoms. The van der Waals surface area contributed by atoms with Crippen LogP contribution in [0.2, 0.25) is 0 Å².